The highest BCUT2D eigenvalue weighted by Crippen LogP contribution is 2.35. The van der Waals surface area contributed by atoms with Crippen LogP contribution in [0.4, 0.5) is 10.1 Å². The van der Waals surface area contributed by atoms with Gasteiger partial charge >= 0.3 is 0 Å². The number of aryl methyl sites for hydroxylation is 1. The summed E-state index contributed by atoms with van der Waals surface area (Å²) in [5, 5.41) is 0. The first-order chi connectivity index (χ1) is 17.5. The fraction of sp³-hybridized carbons (Fsp3) is 0.533. The van der Waals surface area contributed by atoms with Gasteiger partial charge in [-0.15, -0.1) is 0 Å². The smallest absolute Gasteiger partial charge is 0.227 e. The number of hydrogen-bond acceptors (Lipinski definition) is 3. The van der Waals surface area contributed by atoms with E-state index in [-0.39, 0.29) is 35.4 Å². The second-order valence-corrected chi connectivity index (χ2v) is 10.7. The molecule has 1 saturated carbocycles. The number of amides is 2. The van der Waals surface area contributed by atoms with Gasteiger partial charge in [0, 0.05) is 51.1 Å². The van der Waals surface area contributed by atoms with Crippen LogP contribution in [0.2, 0.25) is 0 Å². The van der Waals surface area contributed by atoms with Crippen LogP contribution in [-0.4, -0.2) is 60.9 Å². The number of hydrogen-bond donors (Lipinski definition) is 0. The highest BCUT2D eigenvalue weighted by molar-refractivity contribution is 5.83. The van der Waals surface area contributed by atoms with E-state index in [1.165, 1.54) is 17.2 Å². The van der Waals surface area contributed by atoms with Crippen molar-refractivity contribution in [3.63, 3.8) is 0 Å². The molecule has 2 aromatic rings. The van der Waals surface area contributed by atoms with E-state index in [1.807, 2.05) is 20.8 Å². The standard InChI is InChI=1S/C30H38FN3O2/c1-2-22-11-13-23(14-12-22)25-19-26(21-34(20-25)29(35)24-7-3-4-8-24)30(36)33-17-15-32(16-18-33)28-10-6-5-9-27(28)31/h5-6,9-14,24-26H,2-4,7-8,15-21H2,1H3. The molecule has 0 radical (unpaired) electrons. The third kappa shape index (κ3) is 5.28. The van der Waals surface area contributed by atoms with Crippen LogP contribution in [0.1, 0.15) is 56.1 Å². The number of carbonyl (C=O) groups excluding carboxylic acids is 2. The largest absolute Gasteiger partial charge is 0.366 e. The number of carbonyl (C=O) groups is 2. The van der Waals surface area contributed by atoms with Crippen molar-refractivity contribution in [3.05, 3.63) is 65.5 Å². The number of piperazine rings is 1. The minimum Gasteiger partial charge on any atom is -0.366 e. The molecule has 6 heteroatoms. The summed E-state index contributed by atoms with van der Waals surface area (Å²) >= 11 is 0. The van der Waals surface area contributed by atoms with E-state index in [9.17, 15) is 14.0 Å². The molecule has 36 heavy (non-hydrogen) atoms. The minimum absolute atomic E-state index is 0.117. The number of anilines is 1. The van der Waals surface area contributed by atoms with Crippen molar-refractivity contribution in [2.24, 2.45) is 11.8 Å². The molecule has 192 valence electrons. The number of piperidine rings is 1. The molecule has 0 spiro atoms. The summed E-state index contributed by atoms with van der Waals surface area (Å²) in [6.07, 6.45) is 5.97. The second-order valence-electron chi connectivity index (χ2n) is 10.7. The van der Waals surface area contributed by atoms with Crippen LogP contribution in [0.5, 0.6) is 0 Å². The third-order valence-electron chi connectivity index (χ3n) is 8.46. The molecule has 0 N–H and O–H groups in total. The molecular weight excluding hydrogens is 453 g/mol. The van der Waals surface area contributed by atoms with Crippen LogP contribution >= 0.6 is 0 Å². The van der Waals surface area contributed by atoms with Crippen LogP contribution in [-0.2, 0) is 16.0 Å². The lowest BCUT2D eigenvalue weighted by atomic mass is 9.82. The van der Waals surface area contributed by atoms with E-state index in [1.54, 1.807) is 12.1 Å². The predicted molar refractivity (Wildman–Crippen MR) is 140 cm³/mol. The van der Waals surface area contributed by atoms with Crippen LogP contribution < -0.4 is 4.90 Å². The Labute approximate surface area is 214 Å². The van der Waals surface area contributed by atoms with Crippen molar-refractivity contribution >= 4 is 17.5 Å². The lowest BCUT2D eigenvalue weighted by molar-refractivity contribution is -0.143. The van der Waals surface area contributed by atoms with Crippen molar-refractivity contribution in [2.75, 3.05) is 44.2 Å². The minimum atomic E-state index is -0.220. The molecule has 0 aromatic heterocycles. The van der Waals surface area contributed by atoms with Gasteiger partial charge in [0.25, 0.3) is 0 Å². The highest BCUT2D eigenvalue weighted by atomic mass is 19.1. The van der Waals surface area contributed by atoms with Gasteiger partial charge < -0.3 is 14.7 Å². The maximum Gasteiger partial charge on any atom is 0.227 e. The molecule has 5 rings (SSSR count). The molecule has 3 aliphatic rings. The molecule has 2 aliphatic heterocycles. The first kappa shape index (κ1) is 24.8. The third-order valence-corrected chi connectivity index (χ3v) is 8.46. The first-order valence-electron chi connectivity index (χ1n) is 13.7. The van der Waals surface area contributed by atoms with E-state index in [2.05, 4.69) is 31.2 Å². The van der Waals surface area contributed by atoms with Crippen molar-refractivity contribution in [1.82, 2.24) is 9.80 Å². The Morgan fingerprint density at radius 2 is 1.50 bits per heavy atom. The van der Waals surface area contributed by atoms with E-state index < -0.39 is 0 Å². The van der Waals surface area contributed by atoms with Gasteiger partial charge in [-0.2, -0.15) is 0 Å². The average molecular weight is 492 g/mol. The lowest BCUT2D eigenvalue weighted by Gasteiger charge is -2.42. The summed E-state index contributed by atoms with van der Waals surface area (Å²) in [4.78, 5) is 33.1. The number of halogens is 1. The van der Waals surface area contributed by atoms with Gasteiger partial charge in [0.2, 0.25) is 11.8 Å². The Hall–Kier alpha value is -2.89. The normalized spacial score (nSPS) is 23.2. The Morgan fingerprint density at radius 3 is 2.17 bits per heavy atom. The van der Waals surface area contributed by atoms with Crippen LogP contribution in [0.25, 0.3) is 0 Å². The quantitative estimate of drug-likeness (QED) is 0.600. The monoisotopic (exact) mass is 491 g/mol. The molecule has 2 atom stereocenters. The first-order valence-corrected chi connectivity index (χ1v) is 13.7. The lowest BCUT2D eigenvalue weighted by Crippen LogP contribution is -2.54. The SMILES string of the molecule is CCc1ccc(C2CC(C(=O)N3CCN(c4ccccc4F)CC3)CN(C(=O)C3CCCC3)C2)cc1. The Balaban J connectivity index is 1.29. The summed E-state index contributed by atoms with van der Waals surface area (Å²) in [5.41, 5.74) is 3.12. The molecular formula is C30H38FN3O2. The van der Waals surface area contributed by atoms with E-state index in [0.717, 1.165) is 38.5 Å². The summed E-state index contributed by atoms with van der Waals surface area (Å²) in [5.74, 6) is 0.254. The van der Waals surface area contributed by atoms with Crippen molar-refractivity contribution in [1.29, 1.82) is 0 Å². The van der Waals surface area contributed by atoms with Crippen LogP contribution in [0, 0.1) is 17.7 Å². The van der Waals surface area contributed by atoms with Gasteiger partial charge in [-0.3, -0.25) is 9.59 Å². The predicted octanol–water partition coefficient (Wildman–Crippen LogP) is 4.86. The van der Waals surface area contributed by atoms with E-state index in [4.69, 9.17) is 0 Å². The van der Waals surface area contributed by atoms with Gasteiger partial charge in [0.05, 0.1) is 11.6 Å². The van der Waals surface area contributed by atoms with Gasteiger partial charge in [-0.1, -0.05) is 56.2 Å². The molecule has 3 fully saturated rings. The van der Waals surface area contributed by atoms with E-state index in [0.29, 0.717) is 45.0 Å². The maximum atomic E-state index is 14.3. The molecule has 0 bridgehead atoms. The number of likely N-dealkylation sites (tertiary alicyclic amines) is 1. The molecule has 2 unspecified atom stereocenters. The van der Waals surface area contributed by atoms with Crippen LogP contribution in [0.15, 0.2) is 48.5 Å². The van der Waals surface area contributed by atoms with Crippen LogP contribution in [0.3, 0.4) is 0 Å². The van der Waals surface area contributed by atoms with Gasteiger partial charge in [-0.25, -0.2) is 4.39 Å². The zero-order valence-corrected chi connectivity index (χ0v) is 21.4. The molecule has 2 aromatic carbocycles. The molecule has 1 aliphatic carbocycles. The Bertz CT molecular complexity index is 1060. The highest BCUT2D eigenvalue weighted by Gasteiger charge is 2.39. The summed E-state index contributed by atoms with van der Waals surface area (Å²) < 4.78 is 14.3. The molecule has 2 saturated heterocycles. The fourth-order valence-corrected chi connectivity index (χ4v) is 6.29. The summed E-state index contributed by atoms with van der Waals surface area (Å²) in [6.45, 7) is 5.76. The van der Waals surface area contributed by atoms with Crippen molar-refractivity contribution in [2.45, 2.75) is 51.4 Å². The maximum absolute atomic E-state index is 14.3. The molecule has 5 nitrogen and oxygen atoms in total. The van der Waals surface area contributed by atoms with Gasteiger partial charge in [0.15, 0.2) is 0 Å². The zero-order chi connectivity index (χ0) is 25.1. The van der Waals surface area contributed by atoms with Crippen molar-refractivity contribution < 1.29 is 14.0 Å². The summed E-state index contributed by atoms with van der Waals surface area (Å²) in [7, 11) is 0. The second kappa shape index (κ2) is 11.0. The van der Waals surface area contributed by atoms with Gasteiger partial charge in [-0.05, 0) is 48.9 Å². The zero-order valence-electron chi connectivity index (χ0n) is 21.4. The Morgan fingerprint density at radius 1 is 0.833 bits per heavy atom. The number of nitrogens with zero attached hydrogens (tertiary/aromatic N) is 3. The van der Waals surface area contributed by atoms with Crippen molar-refractivity contribution in [3.8, 4) is 0 Å². The van der Waals surface area contributed by atoms with Gasteiger partial charge in [0.1, 0.15) is 5.82 Å². The summed E-state index contributed by atoms with van der Waals surface area (Å²) in [6, 6.07) is 15.5. The topological polar surface area (TPSA) is 43.9 Å². The Kier molecular flexibility index (Phi) is 7.59. The number of rotatable bonds is 5. The average Bonchev–Trinajstić information content (AvgIpc) is 3.48. The molecule has 2 amide bonds. The number of benzene rings is 2. The molecule has 2 heterocycles. The van der Waals surface area contributed by atoms with E-state index >= 15 is 0 Å². The number of para-hydroxylation sites is 1. The fourth-order valence-electron chi connectivity index (χ4n) is 6.29.